The van der Waals surface area contributed by atoms with E-state index in [2.05, 4.69) is 4.74 Å². The Bertz CT molecular complexity index is 472. The van der Waals surface area contributed by atoms with Crippen molar-refractivity contribution in [3.63, 3.8) is 0 Å². The van der Waals surface area contributed by atoms with E-state index in [1.807, 2.05) is 6.07 Å². The normalized spacial score (nSPS) is 11.3. The fourth-order valence-corrected chi connectivity index (χ4v) is 1.07. The van der Waals surface area contributed by atoms with Crippen LogP contribution in [-0.2, 0) is 14.3 Å². The third-order valence-corrected chi connectivity index (χ3v) is 1.93. The molecule has 0 heterocycles. The Kier molecular flexibility index (Phi) is 5.38. The lowest BCUT2D eigenvalue weighted by atomic mass is 10.2. The smallest absolute Gasteiger partial charge is 0.342 e. The summed E-state index contributed by atoms with van der Waals surface area (Å²) in [5, 5.41) is 0. The number of esters is 2. The molecule has 0 amide bonds. The average molecular weight is 246 g/mol. The molecule has 1 rings (SSSR count). The van der Waals surface area contributed by atoms with Gasteiger partial charge in [0.1, 0.15) is 0 Å². The fourth-order valence-electron chi connectivity index (χ4n) is 1.07. The summed E-state index contributed by atoms with van der Waals surface area (Å²) < 4.78 is 9.56. The molecule has 0 bridgehead atoms. The fraction of sp³-hybridized carbons (Fsp3) is 0.143. The van der Waals surface area contributed by atoms with Crippen molar-refractivity contribution in [3.05, 3.63) is 60.1 Å². The molecule has 0 unspecified atom stereocenters. The highest BCUT2D eigenvalue weighted by atomic mass is 16.5. The van der Waals surface area contributed by atoms with Gasteiger partial charge in [-0.3, -0.25) is 4.79 Å². The summed E-state index contributed by atoms with van der Waals surface area (Å²) in [4.78, 5) is 22.1. The van der Waals surface area contributed by atoms with E-state index in [4.69, 9.17) is 4.74 Å². The highest BCUT2D eigenvalue weighted by molar-refractivity contribution is 5.89. The van der Waals surface area contributed by atoms with E-state index in [0.717, 1.165) is 0 Å². The minimum atomic E-state index is -0.434. The van der Waals surface area contributed by atoms with Gasteiger partial charge < -0.3 is 9.47 Å². The van der Waals surface area contributed by atoms with Crippen LogP contribution in [0.1, 0.15) is 24.2 Å². The Hall–Kier alpha value is -2.36. The summed E-state index contributed by atoms with van der Waals surface area (Å²) >= 11 is 0. The molecule has 0 atom stereocenters. The molecule has 0 radical (unpaired) electrons. The van der Waals surface area contributed by atoms with Crippen molar-refractivity contribution in [2.75, 3.05) is 0 Å². The second kappa shape index (κ2) is 7.06. The molecule has 0 aromatic heterocycles. The van der Waals surface area contributed by atoms with Crippen molar-refractivity contribution in [1.82, 2.24) is 0 Å². The number of hydrogen-bond donors (Lipinski definition) is 0. The molecule has 0 N–H and O–H groups in total. The maximum Gasteiger partial charge on any atom is 0.342 e. The lowest BCUT2D eigenvalue weighted by Gasteiger charge is -1.99. The third kappa shape index (κ3) is 5.12. The summed E-state index contributed by atoms with van der Waals surface area (Å²) in [5.41, 5.74) is 1.13. The molecule has 0 saturated heterocycles. The molecule has 0 aliphatic heterocycles. The highest BCUT2D eigenvalue weighted by Gasteiger charge is 2.03. The van der Waals surface area contributed by atoms with Crippen LogP contribution in [-0.4, -0.2) is 11.9 Å². The molecule has 0 aliphatic rings. The zero-order chi connectivity index (χ0) is 13.4. The van der Waals surface area contributed by atoms with Crippen molar-refractivity contribution in [3.8, 4) is 0 Å². The van der Waals surface area contributed by atoms with Crippen molar-refractivity contribution < 1.29 is 19.1 Å². The molecule has 0 spiro atoms. The summed E-state index contributed by atoms with van der Waals surface area (Å²) in [6.45, 7) is 3.02. The highest BCUT2D eigenvalue weighted by Crippen LogP contribution is 2.03. The second-order valence-electron chi connectivity index (χ2n) is 3.55. The van der Waals surface area contributed by atoms with Crippen LogP contribution in [0.3, 0.4) is 0 Å². The van der Waals surface area contributed by atoms with Gasteiger partial charge in [0, 0.05) is 6.92 Å². The number of ether oxygens (including phenoxy) is 2. The monoisotopic (exact) mass is 246 g/mol. The number of rotatable bonds is 4. The molecule has 0 aliphatic carbocycles. The third-order valence-electron chi connectivity index (χ3n) is 1.93. The van der Waals surface area contributed by atoms with Crippen LogP contribution in [0.5, 0.6) is 0 Å². The average Bonchev–Trinajstić information content (AvgIpc) is 2.36. The SMILES string of the molecule is CC(=O)OC=CC(C)=COC(=O)c1ccccc1. The van der Waals surface area contributed by atoms with Gasteiger partial charge in [-0.2, -0.15) is 0 Å². The number of carbonyl (C=O) groups excluding carboxylic acids is 2. The van der Waals surface area contributed by atoms with Gasteiger partial charge in [-0.25, -0.2) is 4.79 Å². The first-order valence-electron chi connectivity index (χ1n) is 5.36. The van der Waals surface area contributed by atoms with Crippen molar-refractivity contribution >= 4 is 11.9 Å². The number of benzene rings is 1. The van der Waals surface area contributed by atoms with Gasteiger partial charge in [0.05, 0.1) is 18.1 Å². The lowest BCUT2D eigenvalue weighted by molar-refractivity contribution is -0.135. The largest absolute Gasteiger partial charge is 0.435 e. The van der Waals surface area contributed by atoms with Gasteiger partial charge in [-0.1, -0.05) is 18.2 Å². The minimum Gasteiger partial charge on any atom is -0.435 e. The van der Waals surface area contributed by atoms with Crippen molar-refractivity contribution in [2.45, 2.75) is 13.8 Å². The Morgan fingerprint density at radius 1 is 1.06 bits per heavy atom. The lowest BCUT2D eigenvalue weighted by Crippen LogP contribution is -2.00. The Balaban J connectivity index is 2.51. The van der Waals surface area contributed by atoms with E-state index in [9.17, 15) is 9.59 Å². The van der Waals surface area contributed by atoms with E-state index < -0.39 is 11.9 Å². The summed E-state index contributed by atoms with van der Waals surface area (Å²) in [6.07, 6.45) is 4.07. The summed E-state index contributed by atoms with van der Waals surface area (Å²) in [7, 11) is 0. The van der Waals surface area contributed by atoms with Crippen molar-refractivity contribution in [2.24, 2.45) is 0 Å². The van der Waals surface area contributed by atoms with Crippen LogP contribution in [0, 0.1) is 0 Å². The molecular formula is C14H14O4. The van der Waals surface area contributed by atoms with Gasteiger partial charge in [-0.15, -0.1) is 0 Å². The molecule has 4 heteroatoms. The summed E-state index contributed by atoms with van der Waals surface area (Å²) in [6, 6.07) is 8.67. The van der Waals surface area contributed by atoms with E-state index in [0.29, 0.717) is 11.1 Å². The van der Waals surface area contributed by atoms with E-state index in [-0.39, 0.29) is 0 Å². The number of allylic oxidation sites excluding steroid dienone is 2. The van der Waals surface area contributed by atoms with Crippen LogP contribution in [0.2, 0.25) is 0 Å². The molecule has 4 nitrogen and oxygen atoms in total. The van der Waals surface area contributed by atoms with Gasteiger partial charge in [0.25, 0.3) is 0 Å². The number of hydrogen-bond acceptors (Lipinski definition) is 4. The first-order valence-corrected chi connectivity index (χ1v) is 5.36. The summed E-state index contributed by atoms with van der Waals surface area (Å²) in [5.74, 6) is -0.837. The maximum atomic E-state index is 11.6. The molecule has 0 saturated carbocycles. The van der Waals surface area contributed by atoms with E-state index >= 15 is 0 Å². The molecule has 18 heavy (non-hydrogen) atoms. The first-order chi connectivity index (χ1) is 8.59. The van der Waals surface area contributed by atoms with Gasteiger partial charge in [-0.05, 0) is 30.7 Å². The topological polar surface area (TPSA) is 52.6 Å². The second-order valence-corrected chi connectivity index (χ2v) is 3.55. The van der Waals surface area contributed by atoms with Crippen LogP contribution in [0.25, 0.3) is 0 Å². The Labute approximate surface area is 106 Å². The maximum absolute atomic E-state index is 11.6. The van der Waals surface area contributed by atoms with Crippen LogP contribution < -0.4 is 0 Å². The van der Waals surface area contributed by atoms with Gasteiger partial charge in [0.2, 0.25) is 0 Å². The Morgan fingerprint density at radius 2 is 1.72 bits per heavy atom. The molecule has 0 fully saturated rings. The van der Waals surface area contributed by atoms with Crippen molar-refractivity contribution in [1.29, 1.82) is 0 Å². The zero-order valence-corrected chi connectivity index (χ0v) is 10.3. The number of carbonyl (C=O) groups is 2. The van der Waals surface area contributed by atoms with Crippen LogP contribution in [0.15, 0.2) is 54.5 Å². The van der Waals surface area contributed by atoms with E-state index in [1.54, 1.807) is 31.2 Å². The van der Waals surface area contributed by atoms with Gasteiger partial charge in [0.15, 0.2) is 0 Å². The standard InChI is InChI=1S/C14H14O4/c1-11(8-9-17-12(2)15)10-18-14(16)13-6-4-3-5-7-13/h3-10H,1-2H3. The van der Waals surface area contributed by atoms with E-state index in [1.165, 1.54) is 25.5 Å². The molecule has 1 aromatic rings. The molecular weight excluding hydrogens is 232 g/mol. The molecule has 1 aromatic carbocycles. The predicted molar refractivity (Wildman–Crippen MR) is 66.5 cm³/mol. The van der Waals surface area contributed by atoms with Crippen LogP contribution >= 0.6 is 0 Å². The van der Waals surface area contributed by atoms with Crippen LogP contribution in [0.4, 0.5) is 0 Å². The van der Waals surface area contributed by atoms with Gasteiger partial charge >= 0.3 is 11.9 Å². The zero-order valence-electron chi connectivity index (χ0n) is 10.3. The quantitative estimate of drug-likeness (QED) is 0.465. The first kappa shape index (κ1) is 13.7. The minimum absolute atomic E-state index is 0.402. The molecule has 94 valence electrons. The predicted octanol–water partition coefficient (Wildman–Crippen LogP) is 2.82. The Morgan fingerprint density at radius 3 is 2.33 bits per heavy atom.